The first-order chi connectivity index (χ1) is 15.8. The Labute approximate surface area is 212 Å². The minimum atomic E-state index is -0.473. The van der Waals surface area contributed by atoms with Crippen LogP contribution in [0.25, 0.3) is 6.08 Å². The van der Waals surface area contributed by atoms with Gasteiger partial charge < -0.3 is 4.74 Å². The predicted octanol–water partition coefficient (Wildman–Crippen LogP) is 7.21. The van der Waals surface area contributed by atoms with E-state index in [9.17, 15) is 14.4 Å². The molecular formula is C24H14BrCl2NO4S. The quantitative estimate of drug-likeness (QED) is 0.187. The molecule has 1 aliphatic rings. The number of amides is 2. The van der Waals surface area contributed by atoms with E-state index in [1.165, 1.54) is 0 Å². The molecule has 0 aromatic heterocycles. The van der Waals surface area contributed by atoms with Crippen LogP contribution >= 0.6 is 50.9 Å². The van der Waals surface area contributed by atoms with Crippen LogP contribution in [0.15, 0.2) is 76.1 Å². The lowest BCUT2D eigenvalue weighted by atomic mass is 10.2. The molecule has 0 unspecified atom stereocenters. The number of esters is 1. The molecule has 0 aliphatic carbocycles. The lowest BCUT2D eigenvalue weighted by molar-refractivity contribution is -0.123. The van der Waals surface area contributed by atoms with Crippen LogP contribution in [0.1, 0.15) is 21.5 Å². The van der Waals surface area contributed by atoms with Crippen LogP contribution in [0.5, 0.6) is 5.75 Å². The third-order valence-electron chi connectivity index (χ3n) is 4.67. The van der Waals surface area contributed by atoms with Crippen LogP contribution in [0.2, 0.25) is 10.0 Å². The first kappa shape index (κ1) is 23.6. The van der Waals surface area contributed by atoms with E-state index in [1.54, 1.807) is 72.8 Å². The van der Waals surface area contributed by atoms with Gasteiger partial charge in [0.1, 0.15) is 5.75 Å². The van der Waals surface area contributed by atoms with Crippen molar-refractivity contribution in [3.05, 3.63) is 103 Å². The van der Waals surface area contributed by atoms with Gasteiger partial charge in [-0.05, 0) is 77.5 Å². The first-order valence-electron chi connectivity index (χ1n) is 9.57. The van der Waals surface area contributed by atoms with Crippen molar-refractivity contribution in [2.45, 2.75) is 6.54 Å². The number of ether oxygens (including phenoxy) is 1. The summed E-state index contributed by atoms with van der Waals surface area (Å²) in [6, 6.07) is 18.5. The van der Waals surface area contributed by atoms with Gasteiger partial charge in [0.05, 0.1) is 27.1 Å². The highest BCUT2D eigenvalue weighted by Gasteiger charge is 2.35. The third-order valence-corrected chi connectivity index (χ3v) is 6.84. The van der Waals surface area contributed by atoms with Crippen molar-refractivity contribution in [3.8, 4) is 5.75 Å². The Morgan fingerprint density at radius 2 is 1.67 bits per heavy atom. The van der Waals surface area contributed by atoms with Crippen LogP contribution in [0, 0.1) is 0 Å². The van der Waals surface area contributed by atoms with Crippen molar-refractivity contribution in [1.29, 1.82) is 0 Å². The van der Waals surface area contributed by atoms with Gasteiger partial charge >= 0.3 is 5.97 Å². The molecule has 9 heteroatoms. The highest BCUT2D eigenvalue weighted by molar-refractivity contribution is 9.10. The molecule has 1 heterocycles. The molecule has 0 saturated carbocycles. The average molecular weight is 563 g/mol. The van der Waals surface area contributed by atoms with E-state index in [0.29, 0.717) is 37.4 Å². The van der Waals surface area contributed by atoms with Crippen LogP contribution in [-0.4, -0.2) is 22.0 Å². The molecule has 1 saturated heterocycles. The second kappa shape index (κ2) is 10.1. The second-order valence-corrected chi connectivity index (χ2v) is 9.71. The summed E-state index contributed by atoms with van der Waals surface area (Å²) in [6.07, 6.45) is 1.63. The van der Waals surface area contributed by atoms with Gasteiger partial charge in [-0.1, -0.05) is 57.3 Å². The number of hydrogen-bond acceptors (Lipinski definition) is 5. The number of hydrogen-bond donors (Lipinski definition) is 0. The van der Waals surface area contributed by atoms with Gasteiger partial charge in [-0.25, -0.2) is 4.79 Å². The van der Waals surface area contributed by atoms with E-state index in [1.807, 2.05) is 0 Å². The summed E-state index contributed by atoms with van der Waals surface area (Å²) < 4.78 is 6.24. The summed E-state index contributed by atoms with van der Waals surface area (Å²) in [5.41, 5.74) is 1.82. The number of nitrogens with zero attached hydrogens (tertiary/aromatic N) is 1. The summed E-state index contributed by atoms with van der Waals surface area (Å²) in [5, 5.41) is 0.399. The van der Waals surface area contributed by atoms with E-state index in [-0.39, 0.29) is 17.7 Å². The fraction of sp³-hybridized carbons (Fsp3) is 0.0417. The van der Waals surface area contributed by atoms with Crippen molar-refractivity contribution < 1.29 is 19.1 Å². The zero-order chi connectivity index (χ0) is 23.5. The molecule has 0 N–H and O–H groups in total. The van der Waals surface area contributed by atoms with E-state index in [0.717, 1.165) is 21.1 Å². The van der Waals surface area contributed by atoms with Gasteiger partial charge in [0, 0.05) is 4.47 Å². The molecule has 1 fully saturated rings. The van der Waals surface area contributed by atoms with E-state index in [2.05, 4.69) is 15.9 Å². The molecule has 0 spiro atoms. The minimum absolute atomic E-state index is 0.101. The summed E-state index contributed by atoms with van der Waals surface area (Å²) in [5.74, 6) is -0.492. The first-order valence-corrected chi connectivity index (χ1v) is 11.9. The lowest BCUT2D eigenvalue weighted by Crippen LogP contribution is -2.27. The van der Waals surface area contributed by atoms with E-state index in [4.69, 9.17) is 27.9 Å². The average Bonchev–Trinajstić information content (AvgIpc) is 3.05. The van der Waals surface area contributed by atoms with Crippen LogP contribution in [0.3, 0.4) is 0 Å². The minimum Gasteiger partial charge on any atom is -0.423 e. The van der Waals surface area contributed by atoms with E-state index < -0.39 is 5.97 Å². The molecule has 1 aliphatic heterocycles. The summed E-state index contributed by atoms with van der Waals surface area (Å²) in [4.78, 5) is 38.8. The molecule has 33 heavy (non-hydrogen) atoms. The smallest absolute Gasteiger partial charge is 0.343 e. The highest BCUT2D eigenvalue weighted by atomic mass is 79.9. The number of imide groups is 1. The van der Waals surface area contributed by atoms with Crippen LogP contribution in [-0.2, 0) is 11.3 Å². The number of rotatable bonds is 5. The molecule has 0 atom stereocenters. The van der Waals surface area contributed by atoms with Gasteiger partial charge in [-0.2, -0.15) is 0 Å². The number of halogens is 3. The van der Waals surface area contributed by atoms with Crippen molar-refractivity contribution in [2.75, 3.05) is 0 Å². The van der Waals surface area contributed by atoms with Gasteiger partial charge in [-0.15, -0.1) is 0 Å². The standard InChI is InChI=1S/C24H14BrCl2NO4S/c25-17-6-4-16(5-7-17)23(30)32-18-8-1-14(2-9-18)12-21-22(29)28(24(31)33-21)13-15-3-10-19(26)20(27)11-15/h1-12H,13H2/b21-12-. The van der Waals surface area contributed by atoms with Gasteiger partial charge in [0.2, 0.25) is 0 Å². The second-order valence-electron chi connectivity index (χ2n) is 6.98. The topological polar surface area (TPSA) is 63.7 Å². The van der Waals surface area contributed by atoms with Gasteiger partial charge in [0.15, 0.2) is 0 Å². The molecule has 0 bridgehead atoms. The van der Waals surface area contributed by atoms with Crippen molar-refractivity contribution in [1.82, 2.24) is 4.90 Å². The monoisotopic (exact) mass is 561 g/mol. The zero-order valence-electron chi connectivity index (χ0n) is 16.8. The Hall–Kier alpha value is -2.58. The van der Waals surface area contributed by atoms with Crippen LogP contribution in [0.4, 0.5) is 4.79 Å². The fourth-order valence-corrected chi connectivity index (χ4v) is 4.42. The number of thioether (sulfide) groups is 1. The Morgan fingerprint density at radius 3 is 2.33 bits per heavy atom. The Kier molecular flexibility index (Phi) is 7.24. The van der Waals surface area contributed by atoms with Gasteiger partial charge in [-0.3, -0.25) is 14.5 Å². The maximum absolute atomic E-state index is 12.8. The molecule has 2 amide bonds. The highest BCUT2D eigenvalue weighted by Crippen LogP contribution is 2.34. The maximum atomic E-state index is 12.8. The lowest BCUT2D eigenvalue weighted by Gasteiger charge is -2.12. The molecule has 3 aromatic carbocycles. The number of carbonyl (C=O) groups excluding carboxylic acids is 3. The zero-order valence-corrected chi connectivity index (χ0v) is 20.7. The van der Waals surface area contributed by atoms with Crippen molar-refractivity contribution in [3.63, 3.8) is 0 Å². The molecule has 0 radical (unpaired) electrons. The summed E-state index contributed by atoms with van der Waals surface area (Å²) in [7, 11) is 0. The largest absolute Gasteiger partial charge is 0.423 e. The molecule has 166 valence electrons. The van der Waals surface area contributed by atoms with Crippen molar-refractivity contribution in [2.24, 2.45) is 0 Å². The fourth-order valence-electron chi connectivity index (χ4n) is 2.99. The molecule has 3 aromatic rings. The molecular weight excluding hydrogens is 549 g/mol. The maximum Gasteiger partial charge on any atom is 0.343 e. The van der Waals surface area contributed by atoms with E-state index >= 15 is 0 Å². The Bertz CT molecular complexity index is 1280. The number of carbonyl (C=O) groups is 3. The molecule has 4 rings (SSSR count). The predicted molar refractivity (Wildman–Crippen MR) is 134 cm³/mol. The number of benzene rings is 3. The summed E-state index contributed by atoms with van der Waals surface area (Å²) >= 11 is 16.1. The SMILES string of the molecule is O=C(Oc1ccc(/C=C2\SC(=O)N(Cc3ccc(Cl)c(Cl)c3)C2=O)cc1)c1ccc(Br)cc1. The Balaban J connectivity index is 1.43. The normalized spacial score (nSPS) is 14.8. The Morgan fingerprint density at radius 1 is 0.970 bits per heavy atom. The molecule has 5 nitrogen and oxygen atoms in total. The van der Waals surface area contributed by atoms with Crippen LogP contribution < -0.4 is 4.74 Å². The van der Waals surface area contributed by atoms with Crippen molar-refractivity contribution >= 4 is 74.1 Å². The third kappa shape index (κ3) is 5.68. The summed E-state index contributed by atoms with van der Waals surface area (Å²) in [6.45, 7) is 0.101. The van der Waals surface area contributed by atoms with Gasteiger partial charge in [0.25, 0.3) is 11.1 Å².